The fourth-order valence-corrected chi connectivity index (χ4v) is 4.72. The van der Waals surface area contributed by atoms with Crippen molar-refractivity contribution in [3.8, 4) is 0 Å². The molecule has 0 aromatic heterocycles. The van der Waals surface area contributed by atoms with Crippen LogP contribution in [0.15, 0.2) is 30.3 Å². The molecule has 36 heavy (non-hydrogen) atoms. The lowest BCUT2D eigenvalue weighted by atomic mass is 9.69. The van der Waals surface area contributed by atoms with E-state index in [1.165, 1.54) is 0 Å². The maximum absolute atomic E-state index is 13.2. The molecule has 1 saturated carbocycles. The van der Waals surface area contributed by atoms with E-state index in [1.54, 1.807) is 5.48 Å². The highest BCUT2D eigenvalue weighted by Crippen LogP contribution is 2.40. The molecular formula is C24H34F3N3O6. The molecule has 2 amide bonds. The summed E-state index contributed by atoms with van der Waals surface area (Å²) in [4.78, 5) is 38.5. The molecule has 1 aromatic rings. The standard InChI is InChI=1S/C22H33N3O4.C2HF3O2/c1-2-3-10-22(28)11-9-18(19(16-22)20(26)23-29)21(27)25-14-12-24(13-15-25)17-7-5-4-6-8-17;3-2(4,5)1(6)7/h4-8,18-19,28-29H,2-3,9-16H2,1H3,(H,23,26);(H,6,7)/t18-,19-,22+;/m0./s1. The first-order valence-electron chi connectivity index (χ1n) is 12.0. The second-order valence-electron chi connectivity index (χ2n) is 9.21. The van der Waals surface area contributed by atoms with Crippen LogP contribution in [0, 0.1) is 11.8 Å². The number of carboxylic acid groups (broad SMARTS) is 1. The number of alkyl halides is 3. The van der Waals surface area contributed by atoms with Gasteiger partial charge >= 0.3 is 12.1 Å². The van der Waals surface area contributed by atoms with Gasteiger partial charge in [-0.3, -0.25) is 14.8 Å². The molecule has 4 N–H and O–H groups in total. The lowest BCUT2D eigenvalue weighted by Gasteiger charge is -2.43. The number of halogens is 3. The van der Waals surface area contributed by atoms with Crippen molar-refractivity contribution in [3.63, 3.8) is 0 Å². The lowest BCUT2D eigenvalue weighted by molar-refractivity contribution is -0.192. The van der Waals surface area contributed by atoms with E-state index in [0.717, 1.165) is 31.6 Å². The zero-order valence-electron chi connectivity index (χ0n) is 20.2. The van der Waals surface area contributed by atoms with Gasteiger partial charge in [0.25, 0.3) is 0 Å². The molecule has 3 rings (SSSR count). The third-order valence-corrected chi connectivity index (χ3v) is 6.72. The van der Waals surface area contributed by atoms with Crippen molar-refractivity contribution in [3.05, 3.63) is 30.3 Å². The fourth-order valence-electron chi connectivity index (χ4n) is 4.72. The van der Waals surface area contributed by atoms with Gasteiger partial charge in [0, 0.05) is 31.9 Å². The highest BCUT2D eigenvalue weighted by atomic mass is 19.4. The van der Waals surface area contributed by atoms with E-state index in [9.17, 15) is 33.1 Å². The molecule has 1 aliphatic heterocycles. The minimum absolute atomic E-state index is 0.0381. The number of anilines is 1. The molecule has 9 nitrogen and oxygen atoms in total. The second kappa shape index (κ2) is 12.9. The number of carbonyl (C=O) groups excluding carboxylic acids is 2. The molecule has 0 spiro atoms. The van der Waals surface area contributed by atoms with Crippen molar-refractivity contribution in [2.45, 2.75) is 57.2 Å². The van der Waals surface area contributed by atoms with Crippen LogP contribution in [-0.4, -0.2) is 76.1 Å². The molecule has 2 fully saturated rings. The van der Waals surface area contributed by atoms with E-state index < -0.39 is 35.5 Å². The number of aliphatic carboxylic acids is 1. The Morgan fingerprint density at radius 3 is 2.17 bits per heavy atom. The van der Waals surface area contributed by atoms with Crippen LogP contribution in [0.5, 0.6) is 0 Å². The van der Waals surface area contributed by atoms with E-state index in [4.69, 9.17) is 9.90 Å². The summed E-state index contributed by atoms with van der Waals surface area (Å²) in [5.41, 5.74) is 1.93. The average Bonchev–Trinajstić information content (AvgIpc) is 2.87. The summed E-state index contributed by atoms with van der Waals surface area (Å²) in [7, 11) is 0. The summed E-state index contributed by atoms with van der Waals surface area (Å²) in [6.45, 7) is 4.78. The number of amides is 2. The predicted octanol–water partition coefficient (Wildman–Crippen LogP) is 2.81. The van der Waals surface area contributed by atoms with Crippen LogP contribution in [-0.2, 0) is 14.4 Å². The van der Waals surface area contributed by atoms with Crippen LogP contribution in [0.3, 0.4) is 0 Å². The van der Waals surface area contributed by atoms with Crippen LogP contribution >= 0.6 is 0 Å². The van der Waals surface area contributed by atoms with Crippen molar-refractivity contribution in [2.24, 2.45) is 11.8 Å². The lowest BCUT2D eigenvalue weighted by Crippen LogP contribution is -2.54. The molecule has 0 bridgehead atoms. The van der Waals surface area contributed by atoms with Gasteiger partial charge in [-0.05, 0) is 37.8 Å². The molecule has 1 saturated heterocycles. The van der Waals surface area contributed by atoms with E-state index in [1.807, 2.05) is 23.1 Å². The van der Waals surface area contributed by atoms with Gasteiger partial charge in [0.15, 0.2) is 0 Å². The number of benzene rings is 1. The Bertz CT molecular complexity index is 878. The number of hydrogen-bond donors (Lipinski definition) is 4. The third-order valence-electron chi connectivity index (χ3n) is 6.72. The van der Waals surface area contributed by atoms with Crippen molar-refractivity contribution in [1.82, 2.24) is 10.4 Å². The minimum Gasteiger partial charge on any atom is -0.475 e. The number of hydroxylamine groups is 1. The van der Waals surface area contributed by atoms with E-state index >= 15 is 0 Å². The van der Waals surface area contributed by atoms with Crippen LogP contribution in [0.25, 0.3) is 0 Å². The van der Waals surface area contributed by atoms with Crippen LogP contribution in [0.1, 0.15) is 45.4 Å². The van der Waals surface area contributed by atoms with Gasteiger partial charge in [0.1, 0.15) is 0 Å². The molecule has 2 aliphatic rings. The summed E-state index contributed by atoms with van der Waals surface area (Å²) in [5.74, 6) is -4.56. The van der Waals surface area contributed by atoms with Crippen molar-refractivity contribution >= 4 is 23.5 Å². The topological polar surface area (TPSA) is 130 Å². The van der Waals surface area contributed by atoms with Crippen LogP contribution < -0.4 is 10.4 Å². The number of piperazine rings is 1. The number of nitrogens with one attached hydrogen (secondary N) is 1. The number of para-hydroxylation sites is 1. The molecule has 202 valence electrons. The van der Waals surface area contributed by atoms with Gasteiger partial charge < -0.3 is 20.0 Å². The Morgan fingerprint density at radius 1 is 1.08 bits per heavy atom. The summed E-state index contributed by atoms with van der Waals surface area (Å²) in [6, 6.07) is 10.1. The first kappa shape index (κ1) is 29.4. The van der Waals surface area contributed by atoms with E-state index in [-0.39, 0.29) is 12.3 Å². The predicted molar refractivity (Wildman–Crippen MR) is 124 cm³/mol. The summed E-state index contributed by atoms with van der Waals surface area (Å²) in [5, 5.41) is 27.2. The van der Waals surface area contributed by atoms with Gasteiger partial charge in [-0.2, -0.15) is 13.2 Å². The van der Waals surface area contributed by atoms with Crippen molar-refractivity contribution in [2.75, 3.05) is 31.1 Å². The smallest absolute Gasteiger partial charge is 0.475 e. The molecule has 3 atom stereocenters. The van der Waals surface area contributed by atoms with Crippen LogP contribution in [0.2, 0.25) is 0 Å². The SMILES string of the molecule is CCCC[C@@]1(O)CC[C@H](C(=O)N2CCN(c3ccccc3)CC2)[C@@H](C(=O)NO)C1.O=C(O)C(F)(F)F. The van der Waals surface area contributed by atoms with Crippen LogP contribution in [0.4, 0.5) is 18.9 Å². The average molecular weight is 518 g/mol. The number of carbonyl (C=O) groups is 3. The fraction of sp³-hybridized carbons (Fsp3) is 0.625. The summed E-state index contributed by atoms with van der Waals surface area (Å²) in [6.07, 6.45) is -1.41. The molecule has 1 heterocycles. The number of hydrogen-bond acceptors (Lipinski definition) is 6. The number of nitrogens with zero attached hydrogens (tertiary/aromatic N) is 2. The van der Waals surface area contributed by atoms with E-state index in [0.29, 0.717) is 32.4 Å². The van der Waals surface area contributed by atoms with E-state index in [2.05, 4.69) is 24.0 Å². The summed E-state index contributed by atoms with van der Waals surface area (Å²) >= 11 is 0. The highest BCUT2D eigenvalue weighted by molar-refractivity contribution is 5.87. The zero-order valence-corrected chi connectivity index (χ0v) is 20.2. The van der Waals surface area contributed by atoms with Crippen molar-refractivity contribution < 1.29 is 43.0 Å². The Kier molecular flexibility index (Phi) is 10.5. The quantitative estimate of drug-likeness (QED) is 0.337. The zero-order chi connectivity index (χ0) is 26.9. The number of aliphatic hydroxyl groups is 1. The van der Waals surface area contributed by atoms with Gasteiger partial charge in [-0.15, -0.1) is 0 Å². The molecule has 0 radical (unpaired) electrons. The Hall–Kier alpha value is -2.86. The molecule has 12 heteroatoms. The number of carboxylic acids is 1. The number of rotatable bonds is 6. The number of unbranched alkanes of at least 4 members (excludes halogenated alkanes) is 1. The first-order valence-corrected chi connectivity index (χ1v) is 12.0. The minimum atomic E-state index is -5.08. The maximum Gasteiger partial charge on any atom is 0.490 e. The van der Waals surface area contributed by atoms with Gasteiger partial charge in [-0.25, -0.2) is 10.3 Å². The van der Waals surface area contributed by atoms with Gasteiger partial charge in [0.05, 0.1) is 17.4 Å². The molecule has 1 aliphatic carbocycles. The van der Waals surface area contributed by atoms with Gasteiger partial charge in [0.2, 0.25) is 11.8 Å². The second-order valence-corrected chi connectivity index (χ2v) is 9.21. The maximum atomic E-state index is 13.2. The Balaban J connectivity index is 0.000000572. The van der Waals surface area contributed by atoms with Gasteiger partial charge in [-0.1, -0.05) is 38.0 Å². The molecule has 0 unspecified atom stereocenters. The molecular weight excluding hydrogens is 483 g/mol. The first-order chi connectivity index (χ1) is 16.9. The summed E-state index contributed by atoms with van der Waals surface area (Å²) < 4.78 is 31.7. The van der Waals surface area contributed by atoms with Crippen molar-refractivity contribution in [1.29, 1.82) is 0 Å². The normalized spacial score (nSPS) is 24.4. The molecule has 1 aromatic carbocycles. The largest absolute Gasteiger partial charge is 0.490 e. The highest BCUT2D eigenvalue weighted by Gasteiger charge is 2.46. The Labute approximate surface area is 207 Å². The third kappa shape index (κ3) is 8.09. The Morgan fingerprint density at radius 2 is 1.67 bits per heavy atom. The monoisotopic (exact) mass is 517 g/mol.